The van der Waals surface area contributed by atoms with Gasteiger partial charge < -0.3 is 10.6 Å². The minimum atomic E-state index is 0.647. The molecular formula is C14H16BrClN4. The molecule has 0 atom stereocenters. The van der Waals surface area contributed by atoms with Gasteiger partial charge in [-0.25, -0.2) is 9.97 Å². The lowest BCUT2D eigenvalue weighted by Crippen LogP contribution is -2.07. The van der Waals surface area contributed by atoms with E-state index in [9.17, 15) is 0 Å². The van der Waals surface area contributed by atoms with E-state index in [0.29, 0.717) is 5.02 Å². The summed E-state index contributed by atoms with van der Waals surface area (Å²) in [5.41, 5.74) is 1.78. The van der Waals surface area contributed by atoms with Crippen molar-refractivity contribution in [2.75, 3.05) is 17.2 Å². The summed E-state index contributed by atoms with van der Waals surface area (Å²) < 4.78 is 0.959. The normalized spacial score (nSPS) is 10.4. The third-order valence-corrected chi connectivity index (χ3v) is 3.63. The van der Waals surface area contributed by atoms with E-state index in [-0.39, 0.29) is 0 Å². The van der Waals surface area contributed by atoms with Gasteiger partial charge in [-0.15, -0.1) is 0 Å². The number of anilines is 3. The highest BCUT2D eigenvalue weighted by Crippen LogP contribution is 2.30. The molecule has 1 aromatic heterocycles. The molecule has 20 heavy (non-hydrogen) atoms. The van der Waals surface area contributed by atoms with Crippen LogP contribution in [0.1, 0.15) is 18.9 Å². The molecule has 0 saturated carbocycles. The lowest BCUT2D eigenvalue weighted by atomic mass is 10.2. The van der Waals surface area contributed by atoms with Crippen molar-refractivity contribution < 1.29 is 0 Å². The molecule has 2 rings (SSSR count). The van der Waals surface area contributed by atoms with Gasteiger partial charge in [0.2, 0.25) is 0 Å². The Labute approximate surface area is 132 Å². The molecular weight excluding hydrogens is 340 g/mol. The van der Waals surface area contributed by atoms with Crippen LogP contribution >= 0.6 is 27.5 Å². The van der Waals surface area contributed by atoms with Gasteiger partial charge in [0.05, 0.1) is 10.7 Å². The number of rotatable bonds is 5. The highest BCUT2D eigenvalue weighted by Gasteiger charge is 2.09. The largest absolute Gasteiger partial charge is 0.370 e. The van der Waals surface area contributed by atoms with Crippen LogP contribution in [0.2, 0.25) is 5.02 Å². The van der Waals surface area contributed by atoms with Crippen LogP contribution in [0.4, 0.5) is 17.3 Å². The summed E-state index contributed by atoms with van der Waals surface area (Å²) >= 11 is 9.61. The van der Waals surface area contributed by atoms with Crippen molar-refractivity contribution in [2.24, 2.45) is 0 Å². The summed E-state index contributed by atoms with van der Waals surface area (Å²) in [5.74, 6) is 1.59. The summed E-state index contributed by atoms with van der Waals surface area (Å²) in [7, 11) is 0. The molecule has 0 radical (unpaired) electrons. The molecule has 0 spiro atoms. The molecule has 106 valence electrons. The van der Waals surface area contributed by atoms with Crippen LogP contribution in [-0.2, 0) is 0 Å². The van der Waals surface area contributed by atoms with Crippen LogP contribution in [0.5, 0.6) is 0 Å². The smallest absolute Gasteiger partial charge is 0.138 e. The van der Waals surface area contributed by atoms with E-state index in [1.54, 1.807) is 6.33 Å². The Hall–Kier alpha value is -1.33. The van der Waals surface area contributed by atoms with Gasteiger partial charge in [0, 0.05) is 16.6 Å². The number of hydrogen-bond donors (Lipinski definition) is 2. The molecule has 4 nitrogen and oxygen atoms in total. The Morgan fingerprint density at radius 2 is 2.00 bits per heavy atom. The number of nitrogens with one attached hydrogen (secondary N) is 2. The van der Waals surface area contributed by atoms with Gasteiger partial charge in [0.15, 0.2) is 0 Å². The van der Waals surface area contributed by atoms with E-state index >= 15 is 0 Å². The first-order chi connectivity index (χ1) is 9.61. The van der Waals surface area contributed by atoms with Crippen LogP contribution in [0.15, 0.2) is 29.0 Å². The summed E-state index contributed by atoms with van der Waals surface area (Å²) in [6, 6.07) is 5.65. The summed E-state index contributed by atoms with van der Waals surface area (Å²) in [5, 5.41) is 7.17. The molecule has 6 heteroatoms. The quantitative estimate of drug-likeness (QED) is 0.811. The van der Waals surface area contributed by atoms with Crippen LogP contribution in [0, 0.1) is 6.92 Å². The van der Waals surface area contributed by atoms with Crippen molar-refractivity contribution in [1.82, 2.24) is 9.97 Å². The Bertz CT molecular complexity index is 604. The average Bonchev–Trinajstić information content (AvgIpc) is 2.44. The Kier molecular flexibility index (Phi) is 5.20. The Morgan fingerprint density at radius 1 is 1.25 bits per heavy atom. The summed E-state index contributed by atoms with van der Waals surface area (Å²) in [4.78, 5) is 8.53. The van der Waals surface area contributed by atoms with E-state index < -0.39 is 0 Å². The minimum Gasteiger partial charge on any atom is -0.370 e. The minimum absolute atomic E-state index is 0.647. The highest BCUT2D eigenvalue weighted by molar-refractivity contribution is 9.10. The second kappa shape index (κ2) is 6.90. The zero-order chi connectivity index (χ0) is 14.5. The summed E-state index contributed by atoms with van der Waals surface area (Å²) in [6.07, 6.45) is 2.59. The monoisotopic (exact) mass is 354 g/mol. The molecule has 0 saturated heterocycles. The van der Waals surface area contributed by atoms with Gasteiger partial charge >= 0.3 is 0 Å². The maximum Gasteiger partial charge on any atom is 0.138 e. The number of aromatic nitrogens is 2. The maximum absolute atomic E-state index is 6.18. The van der Waals surface area contributed by atoms with Crippen molar-refractivity contribution >= 4 is 44.9 Å². The molecule has 0 amide bonds. The van der Waals surface area contributed by atoms with Crippen LogP contribution in [-0.4, -0.2) is 16.5 Å². The standard InChI is InChI=1S/C14H16BrClN4/c1-3-6-17-13-9(2)14(19-8-18-13)20-12-7-10(15)4-5-11(12)16/h4-5,7-8H,3,6H2,1-2H3,(H2,17,18,19,20). The Morgan fingerprint density at radius 3 is 2.75 bits per heavy atom. The second-order valence-corrected chi connectivity index (χ2v) is 5.69. The predicted octanol–water partition coefficient (Wildman–Crippen LogP) is 4.77. The molecule has 0 aliphatic carbocycles. The van der Waals surface area contributed by atoms with Gasteiger partial charge in [0.1, 0.15) is 18.0 Å². The molecule has 0 aliphatic rings. The molecule has 0 aliphatic heterocycles. The second-order valence-electron chi connectivity index (χ2n) is 4.37. The van der Waals surface area contributed by atoms with Gasteiger partial charge in [-0.1, -0.05) is 34.5 Å². The molecule has 2 aromatic rings. The molecule has 0 bridgehead atoms. The number of nitrogens with zero attached hydrogens (tertiary/aromatic N) is 2. The number of halogens is 2. The van der Waals surface area contributed by atoms with Crippen LogP contribution < -0.4 is 10.6 Å². The number of benzene rings is 1. The predicted molar refractivity (Wildman–Crippen MR) is 88.0 cm³/mol. The fraction of sp³-hybridized carbons (Fsp3) is 0.286. The zero-order valence-corrected chi connectivity index (χ0v) is 13.7. The lowest BCUT2D eigenvalue weighted by molar-refractivity contribution is 0.960. The lowest BCUT2D eigenvalue weighted by Gasteiger charge is -2.13. The fourth-order valence-electron chi connectivity index (χ4n) is 1.72. The Balaban J connectivity index is 2.27. The van der Waals surface area contributed by atoms with Gasteiger partial charge in [-0.3, -0.25) is 0 Å². The molecule has 1 heterocycles. The summed E-state index contributed by atoms with van der Waals surface area (Å²) in [6.45, 7) is 4.98. The van der Waals surface area contributed by atoms with Gasteiger partial charge in [-0.2, -0.15) is 0 Å². The fourth-order valence-corrected chi connectivity index (χ4v) is 2.24. The first kappa shape index (κ1) is 15.1. The topological polar surface area (TPSA) is 49.8 Å². The molecule has 0 fully saturated rings. The van der Waals surface area contributed by atoms with Gasteiger partial charge in [-0.05, 0) is 31.5 Å². The first-order valence-electron chi connectivity index (χ1n) is 6.39. The van der Waals surface area contributed by atoms with Crippen molar-refractivity contribution in [3.05, 3.63) is 39.6 Å². The third kappa shape index (κ3) is 3.61. The molecule has 1 aromatic carbocycles. The molecule has 0 unspecified atom stereocenters. The van der Waals surface area contributed by atoms with E-state index in [4.69, 9.17) is 11.6 Å². The van der Waals surface area contributed by atoms with Crippen molar-refractivity contribution in [2.45, 2.75) is 20.3 Å². The van der Waals surface area contributed by atoms with Crippen molar-refractivity contribution in [1.29, 1.82) is 0 Å². The molecule has 2 N–H and O–H groups in total. The van der Waals surface area contributed by atoms with Crippen molar-refractivity contribution in [3.8, 4) is 0 Å². The van der Waals surface area contributed by atoms with E-state index in [1.807, 2.05) is 25.1 Å². The van der Waals surface area contributed by atoms with E-state index in [1.165, 1.54) is 0 Å². The van der Waals surface area contributed by atoms with Gasteiger partial charge in [0.25, 0.3) is 0 Å². The first-order valence-corrected chi connectivity index (χ1v) is 7.56. The number of hydrogen-bond acceptors (Lipinski definition) is 4. The highest BCUT2D eigenvalue weighted by atomic mass is 79.9. The van der Waals surface area contributed by atoms with Crippen LogP contribution in [0.25, 0.3) is 0 Å². The zero-order valence-electron chi connectivity index (χ0n) is 11.4. The average molecular weight is 356 g/mol. The SMILES string of the molecule is CCCNc1ncnc(Nc2cc(Br)ccc2Cl)c1C. The third-order valence-electron chi connectivity index (χ3n) is 2.81. The maximum atomic E-state index is 6.18. The van der Waals surface area contributed by atoms with Crippen LogP contribution in [0.3, 0.4) is 0 Å². The van der Waals surface area contributed by atoms with E-state index in [2.05, 4.69) is 43.5 Å². The van der Waals surface area contributed by atoms with Crippen molar-refractivity contribution in [3.63, 3.8) is 0 Å². The van der Waals surface area contributed by atoms with E-state index in [0.717, 1.165) is 40.3 Å².